The second kappa shape index (κ2) is 8.26. The van der Waals surface area contributed by atoms with E-state index in [0.29, 0.717) is 5.92 Å². The maximum atomic E-state index is 13.1. The van der Waals surface area contributed by atoms with Crippen molar-refractivity contribution in [1.82, 2.24) is 4.90 Å². The van der Waals surface area contributed by atoms with Gasteiger partial charge < -0.3 is 10.0 Å². The molecular weight excluding hydrogens is 301 g/mol. The molecular formula is C21H32FNO. The predicted octanol–water partition coefficient (Wildman–Crippen LogP) is 4.74. The van der Waals surface area contributed by atoms with E-state index in [2.05, 4.69) is 25.9 Å². The van der Waals surface area contributed by atoms with Gasteiger partial charge in [-0.05, 0) is 63.0 Å². The first-order valence-electron chi connectivity index (χ1n) is 9.15. The molecule has 0 heterocycles. The zero-order chi connectivity index (χ0) is 17.7. The van der Waals surface area contributed by atoms with Crippen LogP contribution in [-0.2, 0) is 0 Å². The zero-order valence-corrected chi connectivity index (χ0v) is 15.6. The number of hydrogen-bond acceptors (Lipinski definition) is 2. The molecule has 2 rings (SSSR count). The third kappa shape index (κ3) is 4.46. The lowest BCUT2D eigenvalue weighted by Crippen LogP contribution is -2.49. The van der Waals surface area contributed by atoms with Crippen LogP contribution in [0.4, 0.5) is 4.39 Å². The lowest BCUT2D eigenvalue weighted by Gasteiger charge is -2.44. The summed E-state index contributed by atoms with van der Waals surface area (Å²) in [6.45, 7) is 5.03. The quantitative estimate of drug-likeness (QED) is 0.813. The molecule has 134 valence electrons. The van der Waals surface area contributed by atoms with Crippen molar-refractivity contribution in [3.63, 3.8) is 0 Å². The first-order chi connectivity index (χ1) is 11.3. The fourth-order valence-corrected chi connectivity index (χ4v) is 4.27. The molecule has 1 N–H and O–H groups in total. The number of benzene rings is 1. The summed E-state index contributed by atoms with van der Waals surface area (Å²) in [6, 6.07) is 6.50. The summed E-state index contributed by atoms with van der Waals surface area (Å²) in [5, 5.41) is 11.8. The molecule has 3 heteroatoms. The van der Waals surface area contributed by atoms with Crippen LogP contribution >= 0.6 is 0 Å². The molecule has 0 amide bonds. The molecule has 1 aromatic rings. The predicted molar refractivity (Wildman–Crippen MR) is 99.3 cm³/mol. The second-order valence-electron chi connectivity index (χ2n) is 7.70. The lowest BCUT2D eigenvalue weighted by atomic mass is 9.67. The van der Waals surface area contributed by atoms with E-state index in [1.165, 1.54) is 31.4 Å². The highest BCUT2D eigenvalue weighted by Gasteiger charge is 2.43. The van der Waals surface area contributed by atoms with Gasteiger partial charge in [-0.15, -0.1) is 0 Å². The molecule has 0 spiro atoms. The Hall–Kier alpha value is -1.19. The van der Waals surface area contributed by atoms with E-state index in [4.69, 9.17) is 0 Å². The Bertz CT molecular complexity index is 545. The van der Waals surface area contributed by atoms with Gasteiger partial charge in [0, 0.05) is 12.5 Å². The number of halogens is 1. The molecule has 0 saturated heterocycles. The minimum Gasteiger partial charge on any atom is -0.385 e. The van der Waals surface area contributed by atoms with E-state index in [1.807, 2.05) is 13.0 Å². The summed E-state index contributed by atoms with van der Waals surface area (Å²) in [7, 11) is 4.10. The first kappa shape index (κ1) is 19.1. The molecule has 1 aromatic carbocycles. The van der Waals surface area contributed by atoms with Crippen molar-refractivity contribution < 1.29 is 9.50 Å². The molecule has 1 saturated carbocycles. The lowest BCUT2D eigenvalue weighted by molar-refractivity contribution is -0.0493. The van der Waals surface area contributed by atoms with Crippen molar-refractivity contribution in [2.45, 2.75) is 51.6 Å². The standard InChI is InChI=1S/C21H32FNO/c1-16(14-18-10-12-20(22)13-11-18)21(24,17(2)15-23(3)4)19-8-6-5-7-9-19/h10-14,17,19,24H,5-9,15H2,1-4H3. The van der Waals surface area contributed by atoms with Crippen LogP contribution in [0.3, 0.4) is 0 Å². The van der Waals surface area contributed by atoms with Crippen LogP contribution < -0.4 is 0 Å². The Morgan fingerprint density at radius 3 is 2.38 bits per heavy atom. The molecule has 2 unspecified atom stereocenters. The van der Waals surface area contributed by atoms with Gasteiger partial charge in [0.1, 0.15) is 5.82 Å². The number of aliphatic hydroxyl groups is 1. The van der Waals surface area contributed by atoms with Gasteiger partial charge in [-0.3, -0.25) is 0 Å². The topological polar surface area (TPSA) is 23.5 Å². The molecule has 1 fully saturated rings. The SMILES string of the molecule is CC(=Cc1ccc(F)cc1)C(O)(C(C)CN(C)C)C1CCCCC1. The van der Waals surface area contributed by atoms with Crippen LogP contribution in [0.2, 0.25) is 0 Å². The van der Waals surface area contributed by atoms with E-state index in [9.17, 15) is 9.50 Å². The maximum Gasteiger partial charge on any atom is 0.123 e. The van der Waals surface area contributed by atoms with Crippen molar-refractivity contribution in [2.75, 3.05) is 20.6 Å². The van der Waals surface area contributed by atoms with Crippen LogP contribution in [0.15, 0.2) is 29.8 Å². The van der Waals surface area contributed by atoms with Crippen molar-refractivity contribution in [2.24, 2.45) is 11.8 Å². The van der Waals surface area contributed by atoms with E-state index in [1.54, 1.807) is 12.1 Å². The maximum absolute atomic E-state index is 13.1. The third-order valence-corrected chi connectivity index (χ3v) is 5.50. The smallest absolute Gasteiger partial charge is 0.123 e. The first-order valence-corrected chi connectivity index (χ1v) is 9.15. The summed E-state index contributed by atoms with van der Waals surface area (Å²) in [6.07, 6.45) is 7.87. The van der Waals surface area contributed by atoms with E-state index < -0.39 is 5.60 Å². The molecule has 0 aliphatic heterocycles. The Morgan fingerprint density at radius 2 is 1.83 bits per heavy atom. The highest BCUT2D eigenvalue weighted by Crippen LogP contribution is 2.42. The minimum absolute atomic E-state index is 0.146. The van der Waals surface area contributed by atoms with Gasteiger partial charge in [-0.1, -0.05) is 44.4 Å². The summed E-state index contributed by atoms with van der Waals surface area (Å²) in [5.41, 5.74) is 1.13. The van der Waals surface area contributed by atoms with Gasteiger partial charge in [-0.2, -0.15) is 0 Å². The summed E-state index contributed by atoms with van der Waals surface area (Å²) in [5.74, 6) is 0.221. The van der Waals surface area contributed by atoms with E-state index in [-0.39, 0.29) is 11.7 Å². The highest BCUT2D eigenvalue weighted by atomic mass is 19.1. The number of nitrogens with zero attached hydrogens (tertiary/aromatic N) is 1. The average molecular weight is 333 g/mol. The fraction of sp³-hybridized carbons (Fsp3) is 0.619. The van der Waals surface area contributed by atoms with Gasteiger partial charge in [-0.25, -0.2) is 4.39 Å². The molecule has 0 aromatic heterocycles. The number of rotatable bonds is 6. The van der Waals surface area contributed by atoms with Gasteiger partial charge in [0.05, 0.1) is 5.60 Å². The van der Waals surface area contributed by atoms with Crippen LogP contribution in [0.25, 0.3) is 6.08 Å². The average Bonchev–Trinajstić information content (AvgIpc) is 2.56. The molecule has 24 heavy (non-hydrogen) atoms. The van der Waals surface area contributed by atoms with Gasteiger partial charge in [0.25, 0.3) is 0 Å². The third-order valence-electron chi connectivity index (χ3n) is 5.50. The molecule has 2 atom stereocenters. The van der Waals surface area contributed by atoms with Crippen molar-refractivity contribution in [3.8, 4) is 0 Å². The summed E-state index contributed by atoms with van der Waals surface area (Å²) < 4.78 is 13.1. The highest BCUT2D eigenvalue weighted by molar-refractivity contribution is 5.54. The monoisotopic (exact) mass is 333 g/mol. The Kier molecular flexibility index (Phi) is 6.59. The fourth-order valence-electron chi connectivity index (χ4n) is 4.27. The second-order valence-corrected chi connectivity index (χ2v) is 7.70. The Balaban J connectivity index is 2.34. The molecule has 2 nitrogen and oxygen atoms in total. The summed E-state index contributed by atoms with van der Waals surface area (Å²) >= 11 is 0. The normalized spacial score (nSPS) is 20.9. The molecule has 0 radical (unpaired) electrons. The van der Waals surface area contributed by atoms with Crippen molar-refractivity contribution >= 4 is 6.08 Å². The van der Waals surface area contributed by atoms with Crippen molar-refractivity contribution in [1.29, 1.82) is 0 Å². The molecule has 1 aliphatic rings. The van der Waals surface area contributed by atoms with Crippen LogP contribution in [0.1, 0.15) is 51.5 Å². The van der Waals surface area contributed by atoms with Crippen LogP contribution in [0.5, 0.6) is 0 Å². The minimum atomic E-state index is -0.806. The summed E-state index contributed by atoms with van der Waals surface area (Å²) in [4.78, 5) is 2.14. The van der Waals surface area contributed by atoms with Crippen LogP contribution in [-0.4, -0.2) is 36.2 Å². The molecule has 0 bridgehead atoms. The van der Waals surface area contributed by atoms with Gasteiger partial charge >= 0.3 is 0 Å². The van der Waals surface area contributed by atoms with Gasteiger partial charge in [0.2, 0.25) is 0 Å². The molecule has 1 aliphatic carbocycles. The number of hydrogen-bond donors (Lipinski definition) is 1. The van der Waals surface area contributed by atoms with Gasteiger partial charge in [0.15, 0.2) is 0 Å². The van der Waals surface area contributed by atoms with Crippen molar-refractivity contribution in [3.05, 3.63) is 41.2 Å². The van der Waals surface area contributed by atoms with E-state index >= 15 is 0 Å². The Labute approximate surface area is 146 Å². The largest absolute Gasteiger partial charge is 0.385 e. The van der Waals surface area contributed by atoms with Crippen LogP contribution in [0, 0.1) is 17.7 Å². The van der Waals surface area contributed by atoms with E-state index in [0.717, 1.165) is 30.5 Å². The Morgan fingerprint density at radius 1 is 1.25 bits per heavy atom. The zero-order valence-electron chi connectivity index (χ0n) is 15.6.